The minimum atomic E-state index is -0.0587. The Hall–Kier alpha value is -2.56. The Kier molecular flexibility index (Phi) is 9.25. The molecule has 0 fully saturated rings. The smallest absolute Gasteiger partial charge is 0.127 e. The highest BCUT2D eigenvalue weighted by atomic mass is 16.3. The van der Waals surface area contributed by atoms with Crippen molar-refractivity contribution in [2.24, 2.45) is 0 Å². The van der Waals surface area contributed by atoms with Crippen molar-refractivity contribution in [1.82, 2.24) is 9.80 Å². The van der Waals surface area contributed by atoms with Crippen molar-refractivity contribution >= 4 is 11.1 Å². The SMILES string of the molecule is C=C(C)c1cc(C(C)(C)C)cc(CN(CCN(C)C)Cc2cc(C(C)(C)C)cc(C(=C)C)c2O)c1O. The molecule has 0 aliphatic heterocycles. The molecule has 0 saturated carbocycles. The van der Waals surface area contributed by atoms with E-state index in [1.807, 2.05) is 13.8 Å². The molecule has 0 saturated heterocycles. The Balaban J connectivity index is 2.60. The molecular weight excluding hydrogens is 444 g/mol. The fourth-order valence-electron chi connectivity index (χ4n) is 4.18. The average molecular weight is 493 g/mol. The Morgan fingerprint density at radius 1 is 0.694 bits per heavy atom. The third-order valence-electron chi connectivity index (χ3n) is 6.68. The summed E-state index contributed by atoms with van der Waals surface area (Å²) < 4.78 is 0. The fraction of sp³-hybridized carbons (Fsp3) is 0.500. The van der Waals surface area contributed by atoms with Crippen LogP contribution < -0.4 is 0 Å². The number of hydrogen-bond acceptors (Lipinski definition) is 4. The first-order valence-corrected chi connectivity index (χ1v) is 12.8. The van der Waals surface area contributed by atoms with Gasteiger partial charge in [-0.15, -0.1) is 0 Å². The van der Waals surface area contributed by atoms with Crippen molar-refractivity contribution in [2.75, 3.05) is 27.2 Å². The minimum Gasteiger partial charge on any atom is -0.507 e. The zero-order chi connectivity index (χ0) is 27.6. The Bertz CT molecular complexity index is 1030. The molecule has 0 radical (unpaired) electrons. The van der Waals surface area contributed by atoms with Gasteiger partial charge in [0, 0.05) is 48.4 Å². The highest BCUT2D eigenvalue weighted by molar-refractivity contribution is 5.70. The number of nitrogens with zero attached hydrogens (tertiary/aromatic N) is 2. The largest absolute Gasteiger partial charge is 0.507 e. The summed E-state index contributed by atoms with van der Waals surface area (Å²) in [5, 5.41) is 22.4. The van der Waals surface area contributed by atoms with Gasteiger partial charge in [0.05, 0.1) is 0 Å². The van der Waals surface area contributed by atoms with Gasteiger partial charge in [0.2, 0.25) is 0 Å². The summed E-state index contributed by atoms with van der Waals surface area (Å²) in [4.78, 5) is 4.45. The van der Waals surface area contributed by atoms with Crippen LogP contribution in [0.1, 0.15) is 88.8 Å². The van der Waals surface area contributed by atoms with Crippen LogP contribution in [0.25, 0.3) is 11.1 Å². The molecule has 0 aliphatic rings. The second-order valence-electron chi connectivity index (χ2n) is 12.6. The van der Waals surface area contributed by atoms with Gasteiger partial charge in [0.15, 0.2) is 0 Å². The molecule has 4 heteroatoms. The molecular formula is C32H48N2O2. The molecule has 36 heavy (non-hydrogen) atoms. The summed E-state index contributed by atoms with van der Waals surface area (Å²) in [6, 6.07) is 8.36. The van der Waals surface area contributed by atoms with Gasteiger partial charge >= 0.3 is 0 Å². The quantitative estimate of drug-likeness (QED) is 0.385. The molecule has 0 aliphatic carbocycles. The molecule has 2 rings (SSSR count). The maximum atomic E-state index is 11.2. The number of hydrogen-bond donors (Lipinski definition) is 2. The van der Waals surface area contributed by atoms with E-state index in [-0.39, 0.29) is 10.8 Å². The van der Waals surface area contributed by atoms with Crippen LogP contribution in [0, 0.1) is 0 Å². The summed E-state index contributed by atoms with van der Waals surface area (Å²) in [5.41, 5.74) is 7.28. The van der Waals surface area contributed by atoms with Crippen LogP contribution in [-0.2, 0) is 23.9 Å². The maximum Gasteiger partial charge on any atom is 0.127 e. The molecule has 0 atom stereocenters. The van der Waals surface area contributed by atoms with Crippen molar-refractivity contribution in [3.8, 4) is 11.5 Å². The van der Waals surface area contributed by atoms with E-state index in [4.69, 9.17) is 0 Å². The lowest BCUT2D eigenvalue weighted by molar-refractivity contribution is 0.221. The molecule has 0 unspecified atom stereocenters. The Labute approximate surface area is 220 Å². The van der Waals surface area contributed by atoms with E-state index in [9.17, 15) is 10.2 Å². The van der Waals surface area contributed by atoms with Gasteiger partial charge < -0.3 is 15.1 Å². The molecule has 2 aromatic carbocycles. The lowest BCUT2D eigenvalue weighted by Gasteiger charge is -2.29. The molecule has 198 valence electrons. The number of allylic oxidation sites excluding steroid dienone is 2. The molecule has 4 nitrogen and oxygen atoms in total. The molecule has 0 heterocycles. The Morgan fingerprint density at radius 3 is 1.33 bits per heavy atom. The highest BCUT2D eigenvalue weighted by Gasteiger charge is 2.23. The molecule has 2 N–H and O–H groups in total. The average Bonchev–Trinajstić information content (AvgIpc) is 2.72. The molecule has 0 bridgehead atoms. The van der Waals surface area contributed by atoms with E-state index in [1.165, 1.54) is 11.1 Å². The standard InChI is InChI=1S/C32H48N2O2/c1-21(2)27-17-25(31(5,6)7)15-23(29(27)35)19-34(14-13-33(11)12)20-24-16-26(32(8,9)10)18-28(22(3)4)30(24)36/h15-18,35-36H,1,3,13-14,19-20H2,2,4-12H3. The fourth-order valence-corrected chi connectivity index (χ4v) is 4.18. The lowest BCUT2D eigenvalue weighted by Crippen LogP contribution is -2.31. The number of phenols is 2. The summed E-state index contributed by atoms with van der Waals surface area (Å²) in [6.07, 6.45) is 0. The van der Waals surface area contributed by atoms with Crippen LogP contribution in [0.15, 0.2) is 37.4 Å². The van der Waals surface area contributed by atoms with Crippen LogP contribution in [-0.4, -0.2) is 47.2 Å². The van der Waals surface area contributed by atoms with E-state index < -0.39 is 0 Å². The topological polar surface area (TPSA) is 46.9 Å². The van der Waals surface area contributed by atoms with Gasteiger partial charge in [-0.1, -0.05) is 66.8 Å². The number of likely N-dealkylation sites (N-methyl/N-ethyl adjacent to an activating group) is 1. The molecule has 0 amide bonds. The van der Waals surface area contributed by atoms with Crippen LogP contribution in [0.4, 0.5) is 0 Å². The van der Waals surface area contributed by atoms with Crippen LogP contribution in [0.2, 0.25) is 0 Å². The van der Waals surface area contributed by atoms with Crippen LogP contribution >= 0.6 is 0 Å². The van der Waals surface area contributed by atoms with Gasteiger partial charge in [-0.05, 0) is 73.2 Å². The van der Waals surface area contributed by atoms with Crippen molar-refractivity contribution in [3.05, 3.63) is 70.8 Å². The third-order valence-corrected chi connectivity index (χ3v) is 6.68. The third kappa shape index (κ3) is 7.47. The first-order valence-electron chi connectivity index (χ1n) is 12.8. The van der Waals surface area contributed by atoms with Crippen LogP contribution in [0.5, 0.6) is 11.5 Å². The van der Waals surface area contributed by atoms with Crippen LogP contribution in [0.3, 0.4) is 0 Å². The van der Waals surface area contributed by atoms with Gasteiger partial charge in [-0.3, -0.25) is 4.90 Å². The number of phenolic OH excluding ortho intramolecular Hbond substituents is 2. The zero-order valence-corrected chi connectivity index (χ0v) is 24.3. The van der Waals surface area contributed by atoms with E-state index in [1.54, 1.807) is 0 Å². The first kappa shape index (κ1) is 29.7. The summed E-state index contributed by atoms with van der Waals surface area (Å²) >= 11 is 0. The van der Waals surface area contributed by atoms with Gasteiger partial charge in [-0.25, -0.2) is 0 Å². The molecule has 2 aromatic rings. The monoisotopic (exact) mass is 492 g/mol. The second-order valence-corrected chi connectivity index (χ2v) is 12.6. The predicted octanol–water partition coefficient (Wildman–Crippen LogP) is 7.32. The maximum absolute atomic E-state index is 11.2. The lowest BCUT2D eigenvalue weighted by atomic mass is 9.83. The van der Waals surface area contributed by atoms with Crippen molar-refractivity contribution in [1.29, 1.82) is 0 Å². The molecule has 0 spiro atoms. The number of rotatable bonds is 9. The van der Waals surface area contributed by atoms with E-state index >= 15 is 0 Å². The number of aromatic hydroxyl groups is 2. The zero-order valence-electron chi connectivity index (χ0n) is 24.3. The van der Waals surface area contributed by atoms with Gasteiger partial charge in [0.1, 0.15) is 11.5 Å². The van der Waals surface area contributed by atoms with Gasteiger partial charge in [0.25, 0.3) is 0 Å². The van der Waals surface area contributed by atoms with E-state index in [0.29, 0.717) is 24.6 Å². The van der Waals surface area contributed by atoms with Crippen molar-refractivity contribution in [3.63, 3.8) is 0 Å². The summed E-state index contributed by atoms with van der Waals surface area (Å²) in [6.45, 7) is 28.0. The van der Waals surface area contributed by atoms with Crippen molar-refractivity contribution < 1.29 is 10.2 Å². The van der Waals surface area contributed by atoms with E-state index in [0.717, 1.165) is 46.5 Å². The summed E-state index contributed by atoms with van der Waals surface area (Å²) in [5.74, 6) is 0.585. The van der Waals surface area contributed by atoms with E-state index in [2.05, 4.69) is 103 Å². The van der Waals surface area contributed by atoms with Crippen molar-refractivity contribution in [2.45, 2.75) is 79.3 Å². The molecule has 0 aromatic heterocycles. The second kappa shape index (κ2) is 11.2. The highest BCUT2D eigenvalue weighted by Crippen LogP contribution is 2.37. The predicted molar refractivity (Wildman–Crippen MR) is 156 cm³/mol. The normalized spacial score (nSPS) is 12.4. The Morgan fingerprint density at radius 2 is 1.06 bits per heavy atom. The van der Waals surface area contributed by atoms with Gasteiger partial charge in [-0.2, -0.15) is 0 Å². The minimum absolute atomic E-state index is 0.0587. The first-order chi connectivity index (χ1) is 16.4. The summed E-state index contributed by atoms with van der Waals surface area (Å²) in [7, 11) is 4.12. The number of benzene rings is 2.